The van der Waals surface area contributed by atoms with Crippen LogP contribution >= 0.6 is 11.6 Å². The van der Waals surface area contributed by atoms with Crippen molar-refractivity contribution in [2.24, 2.45) is 0 Å². The third-order valence-electron chi connectivity index (χ3n) is 1.91. The Kier molecular flexibility index (Phi) is 3.00. The second kappa shape index (κ2) is 3.83. The van der Waals surface area contributed by atoms with Crippen LogP contribution in [0.15, 0.2) is 0 Å². The van der Waals surface area contributed by atoms with Crippen LogP contribution in [-0.4, -0.2) is 21.9 Å². The molecule has 1 aromatic heterocycles. The Bertz CT molecular complexity index is 289. The number of halogens is 1. The summed E-state index contributed by atoms with van der Waals surface area (Å²) in [7, 11) is 0. The topological polar surface area (TPSA) is 46.0 Å². The Labute approximate surface area is 76.4 Å². The zero-order chi connectivity index (χ0) is 9.14. The van der Waals surface area contributed by atoms with Crippen molar-refractivity contribution in [3.8, 4) is 0 Å². The molecule has 0 aliphatic rings. The average Bonchev–Trinajstić information content (AvgIpc) is 2.07. The van der Waals surface area contributed by atoms with Crippen molar-refractivity contribution < 1.29 is 5.11 Å². The fourth-order valence-electron chi connectivity index (χ4n) is 0.969. The standard InChI is InChI=1S/C8H11ClN2O/c1-5-6(2)8(9)11-10-7(5)3-4-12/h12H,3-4H2,1-2H3. The number of aliphatic hydroxyl groups excluding tert-OH is 1. The average molecular weight is 187 g/mol. The summed E-state index contributed by atoms with van der Waals surface area (Å²) in [4.78, 5) is 0. The SMILES string of the molecule is Cc1c(Cl)nnc(CCO)c1C. The van der Waals surface area contributed by atoms with Crippen LogP contribution in [0.2, 0.25) is 5.15 Å². The Morgan fingerprint density at radius 2 is 1.92 bits per heavy atom. The summed E-state index contributed by atoms with van der Waals surface area (Å²) in [6, 6.07) is 0. The quantitative estimate of drug-likeness (QED) is 0.757. The summed E-state index contributed by atoms with van der Waals surface area (Å²) in [6.45, 7) is 3.92. The normalized spacial score (nSPS) is 10.3. The third kappa shape index (κ3) is 1.73. The highest BCUT2D eigenvalue weighted by Gasteiger charge is 2.06. The lowest BCUT2D eigenvalue weighted by Crippen LogP contribution is -2.02. The first kappa shape index (κ1) is 9.42. The minimum Gasteiger partial charge on any atom is -0.396 e. The molecule has 0 atom stereocenters. The van der Waals surface area contributed by atoms with Crippen molar-refractivity contribution in [3.63, 3.8) is 0 Å². The van der Waals surface area contributed by atoms with E-state index >= 15 is 0 Å². The monoisotopic (exact) mass is 186 g/mol. The van der Waals surface area contributed by atoms with E-state index in [0.717, 1.165) is 16.8 Å². The van der Waals surface area contributed by atoms with Gasteiger partial charge in [0.1, 0.15) is 0 Å². The predicted molar refractivity (Wildman–Crippen MR) is 47.3 cm³/mol. The lowest BCUT2D eigenvalue weighted by atomic mass is 10.1. The molecule has 0 aliphatic heterocycles. The summed E-state index contributed by atoms with van der Waals surface area (Å²) in [5.41, 5.74) is 2.78. The molecule has 0 unspecified atom stereocenters. The molecule has 0 bridgehead atoms. The van der Waals surface area contributed by atoms with E-state index in [9.17, 15) is 0 Å². The number of hydrogen-bond donors (Lipinski definition) is 1. The molecule has 4 heteroatoms. The van der Waals surface area contributed by atoms with E-state index in [1.807, 2.05) is 13.8 Å². The van der Waals surface area contributed by atoms with Crippen molar-refractivity contribution >= 4 is 11.6 Å². The zero-order valence-corrected chi connectivity index (χ0v) is 7.89. The molecule has 3 nitrogen and oxygen atoms in total. The molecule has 12 heavy (non-hydrogen) atoms. The highest BCUT2D eigenvalue weighted by molar-refractivity contribution is 6.30. The smallest absolute Gasteiger partial charge is 0.154 e. The third-order valence-corrected chi connectivity index (χ3v) is 2.27. The van der Waals surface area contributed by atoms with Gasteiger partial charge in [-0.3, -0.25) is 0 Å². The van der Waals surface area contributed by atoms with Gasteiger partial charge in [0.25, 0.3) is 0 Å². The number of hydrogen-bond acceptors (Lipinski definition) is 3. The minimum absolute atomic E-state index is 0.0938. The summed E-state index contributed by atoms with van der Waals surface area (Å²) < 4.78 is 0. The number of aromatic nitrogens is 2. The van der Waals surface area contributed by atoms with Crippen LogP contribution in [0.3, 0.4) is 0 Å². The maximum absolute atomic E-state index is 8.70. The van der Waals surface area contributed by atoms with E-state index in [-0.39, 0.29) is 6.61 Å². The van der Waals surface area contributed by atoms with Crippen LogP contribution in [0.25, 0.3) is 0 Å². The van der Waals surface area contributed by atoms with Gasteiger partial charge in [0.05, 0.1) is 5.69 Å². The van der Waals surface area contributed by atoms with Crippen LogP contribution in [0, 0.1) is 13.8 Å². The van der Waals surface area contributed by atoms with Crippen molar-refractivity contribution in [2.45, 2.75) is 20.3 Å². The van der Waals surface area contributed by atoms with Gasteiger partial charge < -0.3 is 5.11 Å². The Morgan fingerprint density at radius 3 is 2.50 bits per heavy atom. The van der Waals surface area contributed by atoms with Crippen molar-refractivity contribution in [1.29, 1.82) is 0 Å². The fraction of sp³-hybridized carbons (Fsp3) is 0.500. The van der Waals surface area contributed by atoms with Crippen molar-refractivity contribution in [1.82, 2.24) is 10.2 Å². The predicted octanol–water partition coefficient (Wildman–Crippen LogP) is 1.28. The van der Waals surface area contributed by atoms with E-state index in [4.69, 9.17) is 16.7 Å². The minimum atomic E-state index is 0.0938. The highest BCUT2D eigenvalue weighted by atomic mass is 35.5. The molecule has 1 rings (SSSR count). The molecular formula is C8H11ClN2O. The van der Waals surface area contributed by atoms with Crippen LogP contribution < -0.4 is 0 Å². The first-order valence-corrected chi connectivity index (χ1v) is 4.13. The Hall–Kier alpha value is -0.670. The van der Waals surface area contributed by atoms with Crippen LogP contribution in [0.1, 0.15) is 16.8 Å². The number of aliphatic hydroxyl groups is 1. The lowest BCUT2D eigenvalue weighted by Gasteiger charge is -2.05. The molecule has 0 saturated heterocycles. The van der Waals surface area contributed by atoms with Gasteiger partial charge in [0.2, 0.25) is 0 Å². The molecule has 0 aliphatic carbocycles. The maximum atomic E-state index is 8.70. The van der Waals surface area contributed by atoms with Gasteiger partial charge in [0.15, 0.2) is 5.15 Å². The summed E-state index contributed by atoms with van der Waals surface area (Å²) >= 11 is 5.75. The van der Waals surface area contributed by atoms with Gasteiger partial charge in [-0.1, -0.05) is 11.6 Å². The summed E-state index contributed by atoms with van der Waals surface area (Å²) in [5, 5.41) is 16.8. The van der Waals surface area contributed by atoms with Gasteiger partial charge in [-0.15, -0.1) is 5.10 Å². The van der Waals surface area contributed by atoms with Crippen molar-refractivity contribution in [3.05, 3.63) is 22.0 Å². The maximum Gasteiger partial charge on any atom is 0.154 e. The number of rotatable bonds is 2. The van der Waals surface area contributed by atoms with Crippen LogP contribution in [-0.2, 0) is 6.42 Å². The molecule has 1 heterocycles. The van der Waals surface area contributed by atoms with E-state index in [1.165, 1.54) is 0 Å². The molecule has 1 N–H and O–H groups in total. The molecular weight excluding hydrogens is 176 g/mol. The van der Waals surface area contributed by atoms with Gasteiger partial charge in [-0.2, -0.15) is 5.10 Å². The first-order valence-electron chi connectivity index (χ1n) is 3.76. The second-order valence-electron chi connectivity index (χ2n) is 2.66. The van der Waals surface area contributed by atoms with Gasteiger partial charge >= 0.3 is 0 Å². The first-order chi connectivity index (χ1) is 5.66. The summed E-state index contributed by atoms with van der Waals surface area (Å²) in [6.07, 6.45) is 0.539. The molecule has 1 aromatic rings. The second-order valence-corrected chi connectivity index (χ2v) is 3.02. The Balaban J connectivity index is 3.08. The molecule has 0 saturated carbocycles. The van der Waals surface area contributed by atoms with Crippen LogP contribution in [0.5, 0.6) is 0 Å². The van der Waals surface area contributed by atoms with Crippen molar-refractivity contribution in [2.75, 3.05) is 6.61 Å². The zero-order valence-electron chi connectivity index (χ0n) is 7.13. The molecule has 0 fully saturated rings. The molecule has 0 aromatic carbocycles. The summed E-state index contributed by atoms with van der Waals surface area (Å²) in [5.74, 6) is 0. The molecule has 0 radical (unpaired) electrons. The fourth-order valence-corrected chi connectivity index (χ4v) is 1.15. The Morgan fingerprint density at radius 1 is 1.25 bits per heavy atom. The molecule has 0 spiro atoms. The lowest BCUT2D eigenvalue weighted by molar-refractivity contribution is 0.297. The van der Waals surface area contributed by atoms with Gasteiger partial charge in [-0.05, 0) is 25.0 Å². The van der Waals surface area contributed by atoms with E-state index in [0.29, 0.717) is 11.6 Å². The highest BCUT2D eigenvalue weighted by Crippen LogP contribution is 2.16. The van der Waals surface area contributed by atoms with E-state index in [2.05, 4.69) is 10.2 Å². The van der Waals surface area contributed by atoms with Gasteiger partial charge in [0, 0.05) is 13.0 Å². The van der Waals surface area contributed by atoms with Crippen LogP contribution in [0.4, 0.5) is 0 Å². The van der Waals surface area contributed by atoms with Gasteiger partial charge in [-0.25, -0.2) is 0 Å². The molecule has 0 amide bonds. The largest absolute Gasteiger partial charge is 0.396 e. The van der Waals surface area contributed by atoms with E-state index in [1.54, 1.807) is 0 Å². The number of nitrogens with zero attached hydrogens (tertiary/aromatic N) is 2. The molecule has 66 valence electrons. The van der Waals surface area contributed by atoms with E-state index < -0.39 is 0 Å².